The Morgan fingerprint density at radius 3 is 2.31 bits per heavy atom. The SMILES string of the molecule is Cc1ccc(Cl)cc1-c1ccc(NS(=O)(=O)c2ccc(F)cc2)nc1C. The number of anilines is 1. The predicted molar refractivity (Wildman–Crippen MR) is 101 cm³/mol. The molecule has 0 unspecified atom stereocenters. The summed E-state index contributed by atoms with van der Waals surface area (Å²) in [5.74, 6) is -0.311. The number of sulfonamides is 1. The average molecular weight is 391 g/mol. The monoisotopic (exact) mass is 390 g/mol. The molecule has 3 rings (SSSR count). The maximum absolute atomic E-state index is 13.0. The van der Waals surface area contributed by atoms with Crippen molar-refractivity contribution in [3.05, 3.63) is 76.7 Å². The Morgan fingerprint density at radius 2 is 1.65 bits per heavy atom. The first-order valence-electron chi connectivity index (χ1n) is 7.79. The van der Waals surface area contributed by atoms with Gasteiger partial charge in [-0.25, -0.2) is 17.8 Å². The van der Waals surface area contributed by atoms with E-state index < -0.39 is 15.8 Å². The molecule has 0 spiro atoms. The van der Waals surface area contributed by atoms with Gasteiger partial charge in [0.25, 0.3) is 10.0 Å². The van der Waals surface area contributed by atoms with E-state index in [1.54, 1.807) is 19.1 Å². The molecule has 0 fully saturated rings. The Bertz CT molecular complexity index is 1070. The molecule has 0 atom stereocenters. The van der Waals surface area contributed by atoms with Gasteiger partial charge in [0.05, 0.1) is 4.90 Å². The highest BCUT2D eigenvalue weighted by molar-refractivity contribution is 7.92. The van der Waals surface area contributed by atoms with Gasteiger partial charge in [-0.15, -0.1) is 0 Å². The van der Waals surface area contributed by atoms with Crippen LogP contribution in [0.25, 0.3) is 11.1 Å². The zero-order chi connectivity index (χ0) is 18.9. The van der Waals surface area contributed by atoms with Gasteiger partial charge in [-0.05, 0) is 73.5 Å². The molecule has 0 aliphatic rings. The van der Waals surface area contributed by atoms with E-state index in [-0.39, 0.29) is 10.7 Å². The lowest BCUT2D eigenvalue weighted by molar-refractivity contribution is 0.599. The first-order chi connectivity index (χ1) is 12.3. The van der Waals surface area contributed by atoms with Crippen molar-refractivity contribution in [1.29, 1.82) is 0 Å². The number of hydrogen-bond donors (Lipinski definition) is 1. The first-order valence-corrected chi connectivity index (χ1v) is 9.65. The van der Waals surface area contributed by atoms with Gasteiger partial charge in [-0.2, -0.15) is 0 Å². The minimum Gasteiger partial charge on any atom is -0.263 e. The first kappa shape index (κ1) is 18.4. The van der Waals surface area contributed by atoms with Crippen molar-refractivity contribution in [1.82, 2.24) is 4.98 Å². The zero-order valence-corrected chi connectivity index (χ0v) is 15.7. The minimum atomic E-state index is -3.84. The van der Waals surface area contributed by atoms with Crippen LogP contribution in [0.1, 0.15) is 11.3 Å². The predicted octanol–water partition coefficient (Wildman–Crippen LogP) is 4.96. The molecule has 4 nitrogen and oxygen atoms in total. The van der Waals surface area contributed by atoms with Gasteiger partial charge in [-0.1, -0.05) is 17.7 Å². The summed E-state index contributed by atoms with van der Waals surface area (Å²) in [6, 6.07) is 13.6. The van der Waals surface area contributed by atoms with Crippen molar-refractivity contribution in [3.63, 3.8) is 0 Å². The fourth-order valence-electron chi connectivity index (χ4n) is 2.60. The third-order valence-electron chi connectivity index (χ3n) is 3.94. The molecule has 0 radical (unpaired) electrons. The van der Waals surface area contributed by atoms with Crippen LogP contribution in [0.15, 0.2) is 59.5 Å². The summed E-state index contributed by atoms with van der Waals surface area (Å²) < 4.78 is 40.2. The number of rotatable bonds is 4. The number of hydrogen-bond acceptors (Lipinski definition) is 3. The number of aryl methyl sites for hydroxylation is 2. The lowest BCUT2D eigenvalue weighted by atomic mass is 10.00. The number of aromatic nitrogens is 1. The van der Waals surface area contributed by atoms with Gasteiger partial charge in [0, 0.05) is 16.3 Å². The number of pyridine rings is 1. The Balaban J connectivity index is 1.93. The summed E-state index contributed by atoms with van der Waals surface area (Å²) in [5, 5.41) is 0.617. The normalized spacial score (nSPS) is 11.4. The van der Waals surface area contributed by atoms with Crippen molar-refractivity contribution in [2.24, 2.45) is 0 Å². The van der Waals surface area contributed by atoms with Gasteiger partial charge < -0.3 is 0 Å². The van der Waals surface area contributed by atoms with Crippen molar-refractivity contribution in [2.75, 3.05) is 4.72 Å². The van der Waals surface area contributed by atoms with Gasteiger partial charge in [0.2, 0.25) is 0 Å². The number of nitrogens with one attached hydrogen (secondary N) is 1. The molecule has 7 heteroatoms. The van der Waals surface area contributed by atoms with Crippen LogP contribution in [0, 0.1) is 19.7 Å². The van der Waals surface area contributed by atoms with E-state index in [0.717, 1.165) is 28.8 Å². The third kappa shape index (κ3) is 3.86. The summed E-state index contributed by atoms with van der Waals surface area (Å²) in [6.45, 7) is 3.77. The van der Waals surface area contributed by atoms with Gasteiger partial charge >= 0.3 is 0 Å². The maximum Gasteiger partial charge on any atom is 0.263 e. The van der Waals surface area contributed by atoms with E-state index in [1.165, 1.54) is 12.1 Å². The molecule has 2 aromatic carbocycles. The Hall–Kier alpha value is -2.44. The highest BCUT2D eigenvalue weighted by Gasteiger charge is 2.16. The molecule has 0 aliphatic heterocycles. The summed E-state index contributed by atoms with van der Waals surface area (Å²) in [6.07, 6.45) is 0. The lowest BCUT2D eigenvalue weighted by Crippen LogP contribution is -2.14. The standard InChI is InChI=1S/C19H16ClFN2O2S/c1-12-3-4-14(20)11-18(12)17-9-10-19(22-13(17)2)23-26(24,25)16-7-5-15(21)6-8-16/h3-11H,1-2H3,(H,22,23). The second-order valence-electron chi connectivity index (χ2n) is 5.85. The topological polar surface area (TPSA) is 59.1 Å². The highest BCUT2D eigenvalue weighted by atomic mass is 35.5. The summed E-state index contributed by atoms with van der Waals surface area (Å²) in [7, 11) is -3.84. The molecule has 1 N–H and O–H groups in total. The highest BCUT2D eigenvalue weighted by Crippen LogP contribution is 2.29. The van der Waals surface area contributed by atoms with Crippen molar-refractivity contribution in [3.8, 4) is 11.1 Å². The van der Waals surface area contributed by atoms with Gasteiger partial charge in [-0.3, -0.25) is 4.72 Å². The molecule has 0 saturated heterocycles. The summed E-state index contributed by atoms with van der Waals surface area (Å²) in [5.41, 5.74) is 3.51. The van der Waals surface area contributed by atoms with Crippen LogP contribution < -0.4 is 4.72 Å². The summed E-state index contributed by atoms with van der Waals surface area (Å²) >= 11 is 6.08. The molecule has 134 valence electrons. The fourth-order valence-corrected chi connectivity index (χ4v) is 3.77. The average Bonchev–Trinajstić information content (AvgIpc) is 2.57. The second-order valence-corrected chi connectivity index (χ2v) is 7.97. The molecule has 0 aliphatic carbocycles. The molecule has 26 heavy (non-hydrogen) atoms. The molecular formula is C19H16ClFN2O2S. The van der Waals surface area contributed by atoms with Gasteiger partial charge in [0.1, 0.15) is 11.6 Å². The molecule has 1 aromatic heterocycles. The van der Waals surface area contributed by atoms with Crippen molar-refractivity contribution in [2.45, 2.75) is 18.7 Å². The number of nitrogens with zero attached hydrogens (tertiary/aromatic N) is 1. The van der Waals surface area contributed by atoms with Crippen molar-refractivity contribution >= 4 is 27.4 Å². The fraction of sp³-hybridized carbons (Fsp3) is 0.105. The molecule has 3 aromatic rings. The van der Waals surface area contributed by atoms with Crippen LogP contribution in [0.3, 0.4) is 0 Å². The van der Waals surface area contributed by atoms with Crippen LogP contribution >= 0.6 is 11.6 Å². The second kappa shape index (κ2) is 7.05. The van der Waals surface area contributed by atoms with E-state index in [1.807, 2.05) is 25.1 Å². The maximum atomic E-state index is 13.0. The molecule has 1 heterocycles. The molecular weight excluding hydrogens is 375 g/mol. The van der Waals surface area contributed by atoms with Crippen molar-refractivity contribution < 1.29 is 12.8 Å². The van der Waals surface area contributed by atoms with Crippen LogP contribution in [0.2, 0.25) is 5.02 Å². The number of halogens is 2. The largest absolute Gasteiger partial charge is 0.263 e. The van der Waals surface area contributed by atoms with Crippen LogP contribution in [0.4, 0.5) is 10.2 Å². The Morgan fingerprint density at radius 1 is 0.962 bits per heavy atom. The summed E-state index contributed by atoms with van der Waals surface area (Å²) in [4.78, 5) is 4.31. The number of benzene rings is 2. The van der Waals surface area contributed by atoms with Crippen LogP contribution in [-0.4, -0.2) is 13.4 Å². The van der Waals surface area contributed by atoms with Crippen LogP contribution in [0.5, 0.6) is 0 Å². The molecule has 0 amide bonds. The van der Waals surface area contributed by atoms with Crippen LogP contribution in [-0.2, 0) is 10.0 Å². The molecule has 0 saturated carbocycles. The van der Waals surface area contributed by atoms with Gasteiger partial charge in [0.15, 0.2) is 0 Å². The quantitative estimate of drug-likeness (QED) is 0.685. The van der Waals surface area contributed by atoms with E-state index in [9.17, 15) is 12.8 Å². The Labute approximate surface area is 156 Å². The molecule has 0 bridgehead atoms. The lowest BCUT2D eigenvalue weighted by Gasteiger charge is -2.12. The van der Waals surface area contributed by atoms with E-state index >= 15 is 0 Å². The minimum absolute atomic E-state index is 0.0342. The van der Waals surface area contributed by atoms with E-state index in [2.05, 4.69) is 9.71 Å². The van der Waals surface area contributed by atoms with E-state index in [4.69, 9.17) is 11.6 Å². The smallest absolute Gasteiger partial charge is 0.263 e. The van der Waals surface area contributed by atoms with E-state index in [0.29, 0.717) is 10.7 Å². The Kier molecular flexibility index (Phi) is 4.98. The zero-order valence-electron chi connectivity index (χ0n) is 14.1. The third-order valence-corrected chi connectivity index (χ3v) is 5.54.